The van der Waals surface area contributed by atoms with E-state index in [2.05, 4.69) is 27.7 Å². The summed E-state index contributed by atoms with van der Waals surface area (Å²) < 4.78 is 0. The molecule has 5 atom stereocenters. The van der Waals surface area contributed by atoms with Crippen LogP contribution >= 0.6 is 0 Å². The first-order chi connectivity index (χ1) is 11.1. The maximum absolute atomic E-state index is 10.6. The normalized spacial score (nSPS) is 43.0. The van der Waals surface area contributed by atoms with E-state index in [1.54, 1.807) is 0 Å². The van der Waals surface area contributed by atoms with Gasteiger partial charge in [0.2, 0.25) is 0 Å². The van der Waals surface area contributed by atoms with Crippen molar-refractivity contribution in [3.05, 3.63) is 23.3 Å². The van der Waals surface area contributed by atoms with Crippen LogP contribution in [0.2, 0.25) is 0 Å². The highest BCUT2D eigenvalue weighted by Gasteiger charge is 2.62. The first-order valence-corrected chi connectivity index (χ1v) is 9.41. The number of aromatic hydroxyl groups is 2. The maximum atomic E-state index is 10.6. The van der Waals surface area contributed by atoms with Crippen molar-refractivity contribution in [1.82, 2.24) is 0 Å². The van der Waals surface area contributed by atoms with Crippen LogP contribution in [0, 0.1) is 22.7 Å². The fraction of sp³-hybridized carbons (Fsp3) is 0.714. The van der Waals surface area contributed by atoms with Gasteiger partial charge in [-0.15, -0.1) is 0 Å². The van der Waals surface area contributed by atoms with Crippen molar-refractivity contribution in [1.29, 1.82) is 0 Å². The van der Waals surface area contributed by atoms with Gasteiger partial charge in [-0.05, 0) is 66.4 Å². The summed E-state index contributed by atoms with van der Waals surface area (Å²) in [7, 11) is 0. The Bertz CT molecular complexity index is 697. The molecular weight excluding hydrogens is 298 g/mol. The van der Waals surface area contributed by atoms with Crippen LogP contribution in [0.15, 0.2) is 12.1 Å². The molecule has 0 radical (unpaired) electrons. The summed E-state index contributed by atoms with van der Waals surface area (Å²) in [6.07, 6.45) is 5.49. The number of rotatable bonds is 0. The van der Waals surface area contributed by atoms with Crippen LogP contribution < -0.4 is 5.73 Å². The molecule has 0 bridgehead atoms. The highest BCUT2D eigenvalue weighted by atomic mass is 16.3. The SMILES string of the molecule is CC1(C)[C@H]2CC[C@]3(C)c4c(O)cc(O)cc4C[C@H]3[C@]2(C)CC[C@@H]1N. The summed E-state index contributed by atoms with van der Waals surface area (Å²) in [6, 6.07) is 3.67. The number of hydrogen-bond donors (Lipinski definition) is 3. The van der Waals surface area contributed by atoms with E-state index in [9.17, 15) is 10.2 Å². The Kier molecular flexibility index (Phi) is 3.18. The number of nitrogens with two attached hydrogens (primary N) is 1. The second-order valence-corrected chi connectivity index (χ2v) is 9.74. The molecule has 0 saturated heterocycles. The molecule has 4 rings (SSSR count). The lowest BCUT2D eigenvalue weighted by molar-refractivity contribution is -0.107. The Balaban J connectivity index is 1.83. The van der Waals surface area contributed by atoms with E-state index in [1.165, 1.54) is 18.9 Å². The number of benzene rings is 1. The van der Waals surface area contributed by atoms with Crippen LogP contribution in [0.1, 0.15) is 64.5 Å². The van der Waals surface area contributed by atoms with Gasteiger partial charge in [-0.1, -0.05) is 27.7 Å². The summed E-state index contributed by atoms with van der Waals surface area (Å²) in [4.78, 5) is 0. The minimum atomic E-state index is 0.00980. The van der Waals surface area contributed by atoms with Gasteiger partial charge in [0.1, 0.15) is 11.5 Å². The summed E-state index contributed by atoms with van der Waals surface area (Å²) in [5, 5.41) is 20.5. The van der Waals surface area contributed by atoms with Gasteiger partial charge in [0.05, 0.1) is 0 Å². The van der Waals surface area contributed by atoms with Gasteiger partial charge in [-0.25, -0.2) is 0 Å². The molecule has 132 valence electrons. The van der Waals surface area contributed by atoms with Gasteiger partial charge in [-0.2, -0.15) is 0 Å². The van der Waals surface area contributed by atoms with Crippen molar-refractivity contribution < 1.29 is 10.2 Å². The number of hydrogen-bond acceptors (Lipinski definition) is 3. The van der Waals surface area contributed by atoms with Gasteiger partial charge in [-0.3, -0.25) is 0 Å². The van der Waals surface area contributed by atoms with Crippen molar-refractivity contribution in [2.24, 2.45) is 28.4 Å². The van der Waals surface area contributed by atoms with Crippen LogP contribution in [0.5, 0.6) is 11.5 Å². The Morgan fingerprint density at radius 2 is 1.71 bits per heavy atom. The van der Waals surface area contributed by atoms with Crippen LogP contribution in [-0.2, 0) is 11.8 Å². The number of phenolic OH excluding ortho intramolecular Hbond substituents is 2. The zero-order chi connectivity index (χ0) is 17.5. The second kappa shape index (κ2) is 4.69. The molecule has 0 aromatic heterocycles. The number of fused-ring (bicyclic) bond motifs is 5. The summed E-state index contributed by atoms with van der Waals surface area (Å²) in [5.41, 5.74) is 9.16. The Hall–Kier alpha value is -1.22. The summed E-state index contributed by atoms with van der Waals surface area (Å²) in [6.45, 7) is 9.51. The molecule has 0 heterocycles. The monoisotopic (exact) mass is 329 g/mol. The van der Waals surface area contributed by atoms with Crippen LogP contribution in [0.4, 0.5) is 0 Å². The molecule has 3 heteroatoms. The van der Waals surface area contributed by atoms with E-state index < -0.39 is 0 Å². The Labute approximate surface area is 145 Å². The van der Waals surface area contributed by atoms with Crippen LogP contribution in [0.25, 0.3) is 0 Å². The average Bonchev–Trinajstić information content (AvgIpc) is 2.77. The third-order valence-corrected chi connectivity index (χ3v) is 8.34. The molecule has 0 unspecified atom stereocenters. The molecule has 0 aliphatic heterocycles. The molecule has 0 spiro atoms. The molecule has 3 aliphatic carbocycles. The molecule has 2 saturated carbocycles. The van der Waals surface area contributed by atoms with Gasteiger partial charge in [0, 0.05) is 23.1 Å². The standard InChI is InChI=1S/C21H31NO2/c1-19(2)15-5-7-21(4)16(20(15,3)8-6-17(19)22)10-12-9-13(23)11-14(24)18(12)21/h9,11,15-17,23-24H,5-8,10,22H2,1-4H3/t15-,16+,17+,20-,21+/m1/s1. The molecule has 1 aromatic carbocycles. The number of phenols is 2. The van der Waals surface area contributed by atoms with E-state index in [4.69, 9.17) is 5.73 Å². The second-order valence-electron chi connectivity index (χ2n) is 9.74. The van der Waals surface area contributed by atoms with E-state index in [0.29, 0.717) is 11.8 Å². The molecule has 3 aliphatic rings. The molecule has 4 N–H and O–H groups in total. The predicted octanol–water partition coefficient (Wildman–Crippen LogP) is 4.09. The fourth-order valence-electron chi connectivity index (χ4n) is 7.05. The molecule has 2 fully saturated rings. The smallest absolute Gasteiger partial charge is 0.123 e. The lowest BCUT2D eigenvalue weighted by Gasteiger charge is -2.62. The summed E-state index contributed by atoms with van der Waals surface area (Å²) in [5.74, 6) is 1.60. The molecule has 1 aromatic rings. The van der Waals surface area contributed by atoms with Gasteiger partial charge in [0.15, 0.2) is 0 Å². The van der Waals surface area contributed by atoms with Crippen molar-refractivity contribution in [3.63, 3.8) is 0 Å². The predicted molar refractivity (Wildman–Crippen MR) is 96.1 cm³/mol. The van der Waals surface area contributed by atoms with E-state index >= 15 is 0 Å². The molecular formula is C21H31NO2. The van der Waals surface area contributed by atoms with Crippen LogP contribution in [0.3, 0.4) is 0 Å². The van der Waals surface area contributed by atoms with E-state index in [0.717, 1.165) is 30.4 Å². The topological polar surface area (TPSA) is 66.5 Å². The minimum absolute atomic E-state index is 0.00980. The Morgan fingerprint density at radius 1 is 1.00 bits per heavy atom. The van der Waals surface area contributed by atoms with Crippen molar-refractivity contribution in [2.75, 3.05) is 0 Å². The average molecular weight is 329 g/mol. The zero-order valence-electron chi connectivity index (χ0n) is 15.4. The van der Waals surface area contributed by atoms with E-state index in [1.807, 2.05) is 6.07 Å². The Morgan fingerprint density at radius 3 is 2.42 bits per heavy atom. The van der Waals surface area contributed by atoms with E-state index in [-0.39, 0.29) is 33.8 Å². The fourth-order valence-corrected chi connectivity index (χ4v) is 7.05. The lowest BCUT2D eigenvalue weighted by atomic mass is 9.43. The van der Waals surface area contributed by atoms with Gasteiger partial charge < -0.3 is 15.9 Å². The lowest BCUT2D eigenvalue weighted by Crippen LogP contribution is -2.60. The first kappa shape index (κ1) is 16.3. The van der Waals surface area contributed by atoms with Crippen molar-refractivity contribution in [3.8, 4) is 11.5 Å². The highest BCUT2D eigenvalue weighted by Crippen LogP contribution is 2.68. The van der Waals surface area contributed by atoms with Crippen molar-refractivity contribution in [2.45, 2.75) is 71.3 Å². The van der Waals surface area contributed by atoms with Crippen LogP contribution in [-0.4, -0.2) is 16.3 Å². The highest BCUT2D eigenvalue weighted by molar-refractivity contribution is 5.54. The maximum Gasteiger partial charge on any atom is 0.123 e. The minimum Gasteiger partial charge on any atom is -0.508 e. The largest absolute Gasteiger partial charge is 0.508 e. The first-order valence-electron chi connectivity index (χ1n) is 9.41. The zero-order valence-corrected chi connectivity index (χ0v) is 15.4. The van der Waals surface area contributed by atoms with Gasteiger partial charge in [0.25, 0.3) is 0 Å². The molecule has 0 amide bonds. The molecule has 3 nitrogen and oxygen atoms in total. The molecule has 24 heavy (non-hydrogen) atoms. The summed E-state index contributed by atoms with van der Waals surface area (Å²) >= 11 is 0. The quantitative estimate of drug-likeness (QED) is 0.671. The van der Waals surface area contributed by atoms with Crippen molar-refractivity contribution >= 4 is 0 Å². The van der Waals surface area contributed by atoms with Gasteiger partial charge >= 0.3 is 0 Å². The third-order valence-electron chi connectivity index (χ3n) is 8.34. The third kappa shape index (κ3) is 1.82.